The smallest absolute Gasteiger partial charge is 0.252 e. The second kappa shape index (κ2) is 17.3. The molecule has 4 aliphatic rings. The van der Waals surface area contributed by atoms with E-state index >= 15 is 0 Å². The molecule has 0 saturated carbocycles. The van der Waals surface area contributed by atoms with Gasteiger partial charge in [0.25, 0.3) is 13.4 Å². The van der Waals surface area contributed by atoms with Gasteiger partial charge in [0.15, 0.2) is 0 Å². The average Bonchev–Trinajstić information content (AvgIpc) is 0.672. The van der Waals surface area contributed by atoms with Crippen molar-refractivity contribution in [1.29, 1.82) is 10.5 Å². The Morgan fingerprint density at radius 1 is 0.321 bits per heavy atom. The minimum Gasteiger partial charge on any atom is -0.458 e. The molecule has 0 bridgehead atoms. The molecule has 0 amide bonds. The molecule has 0 spiro atoms. The van der Waals surface area contributed by atoms with Gasteiger partial charge in [-0.3, -0.25) is 0 Å². The van der Waals surface area contributed by atoms with Crippen molar-refractivity contribution < 1.29 is 9.47 Å². The lowest BCUT2D eigenvalue weighted by atomic mass is 9.31. The Bertz CT molecular complexity index is 4320. The van der Waals surface area contributed by atoms with Crippen LogP contribution in [-0.4, -0.2) is 13.4 Å². The molecule has 0 saturated heterocycles. The van der Waals surface area contributed by atoms with E-state index in [1.54, 1.807) is 0 Å². The summed E-state index contributed by atoms with van der Waals surface area (Å²) >= 11 is 0. The van der Waals surface area contributed by atoms with Crippen LogP contribution in [-0.2, 0) is 32.5 Å². The van der Waals surface area contributed by atoms with Crippen LogP contribution in [0.3, 0.4) is 0 Å². The van der Waals surface area contributed by atoms with Crippen LogP contribution < -0.4 is 42.3 Å². The maximum atomic E-state index is 11.0. The van der Waals surface area contributed by atoms with Gasteiger partial charge in [0, 0.05) is 0 Å². The number of nitriles is 2. The van der Waals surface area contributed by atoms with Crippen LogP contribution in [0, 0.1) is 22.7 Å². The Morgan fingerprint density at radius 3 is 0.964 bits per heavy atom. The Labute approximate surface area is 498 Å². The normalized spacial score (nSPS) is 14.2. The van der Waals surface area contributed by atoms with E-state index in [4.69, 9.17) is 9.47 Å². The zero-order valence-electron chi connectivity index (χ0n) is 52.4. The van der Waals surface area contributed by atoms with E-state index in [1.165, 1.54) is 98.9 Å². The predicted molar refractivity (Wildman–Crippen MR) is 356 cm³/mol. The summed E-state index contributed by atoms with van der Waals surface area (Å²) in [6.07, 6.45) is 0. The molecule has 0 aliphatic carbocycles. The van der Waals surface area contributed by atoms with E-state index < -0.39 is 0 Å². The zero-order chi connectivity index (χ0) is 59.6. The largest absolute Gasteiger partial charge is 0.458 e. The molecule has 4 nitrogen and oxygen atoms in total. The maximum Gasteiger partial charge on any atom is 0.252 e. The third-order valence-electron chi connectivity index (χ3n) is 19.2. The van der Waals surface area contributed by atoms with E-state index in [0.717, 1.165) is 67.1 Å². The third kappa shape index (κ3) is 7.71. The van der Waals surface area contributed by atoms with Gasteiger partial charge in [0.05, 0.1) is 23.3 Å². The van der Waals surface area contributed by atoms with Crippen molar-refractivity contribution in [3.05, 3.63) is 166 Å². The van der Waals surface area contributed by atoms with Crippen LogP contribution >= 0.6 is 0 Å². The van der Waals surface area contributed by atoms with Gasteiger partial charge in [-0.25, -0.2) is 0 Å². The van der Waals surface area contributed by atoms with Gasteiger partial charge in [-0.05, 0) is 213 Å². The Balaban J connectivity index is 1.32. The molecule has 0 atom stereocenters. The lowest BCUT2D eigenvalue weighted by Crippen LogP contribution is -2.58. The van der Waals surface area contributed by atoms with Crippen molar-refractivity contribution in [3.8, 4) is 79.6 Å². The van der Waals surface area contributed by atoms with Crippen molar-refractivity contribution in [3.63, 3.8) is 0 Å². The molecule has 10 aromatic rings. The highest BCUT2D eigenvalue weighted by Crippen LogP contribution is 2.55. The first kappa shape index (κ1) is 53.9. The fourth-order valence-corrected chi connectivity index (χ4v) is 15.1. The monoisotopic (exact) mass is 1090 g/mol. The first-order valence-electron chi connectivity index (χ1n) is 30.3. The lowest BCUT2D eigenvalue weighted by Gasteiger charge is -2.39. The maximum absolute atomic E-state index is 11.0. The van der Waals surface area contributed by atoms with Crippen molar-refractivity contribution in [2.24, 2.45) is 0 Å². The van der Waals surface area contributed by atoms with Gasteiger partial charge in [-0.2, -0.15) is 10.5 Å². The predicted octanol–water partition coefficient (Wildman–Crippen LogP) is 16.7. The van der Waals surface area contributed by atoms with Gasteiger partial charge in [-0.1, -0.05) is 208 Å². The highest BCUT2D eigenvalue weighted by atomic mass is 16.5. The molecule has 0 unspecified atom stereocenters. The van der Waals surface area contributed by atoms with Gasteiger partial charge < -0.3 is 9.47 Å². The number of benzene rings is 10. The van der Waals surface area contributed by atoms with E-state index in [2.05, 4.69) is 246 Å². The summed E-state index contributed by atoms with van der Waals surface area (Å²) in [6, 6.07) is 50.9. The number of fused-ring (bicyclic) bond motifs is 8. The summed E-state index contributed by atoms with van der Waals surface area (Å²) in [5.41, 5.74) is 23.9. The molecule has 0 radical (unpaired) electrons. The third-order valence-corrected chi connectivity index (χ3v) is 19.2. The molecule has 6 heteroatoms. The second-order valence-electron chi connectivity index (χ2n) is 31.1. The van der Waals surface area contributed by atoms with Gasteiger partial charge in [0.2, 0.25) is 0 Å². The highest BCUT2D eigenvalue weighted by Gasteiger charge is 2.46. The van der Waals surface area contributed by atoms with E-state index in [9.17, 15) is 10.5 Å². The Morgan fingerprint density at radius 2 is 0.655 bits per heavy atom. The van der Waals surface area contributed by atoms with E-state index in [1.807, 2.05) is 12.1 Å². The summed E-state index contributed by atoms with van der Waals surface area (Å²) in [7, 11) is 0. The molecule has 84 heavy (non-hydrogen) atoms. The Hall–Kier alpha value is -8.05. The van der Waals surface area contributed by atoms with Crippen LogP contribution in [0.1, 0.15) is 169 Å². The fraction of sp³-hybridized carbons (Fsp3) is 0.308. The van der Waals surface area contributed by atoms with Crippen molar-refractivity contribution in [2.45, 2.75) is 157 Å². The number of ether oxygens (including phenoxy) is 2. The first-order chi connectivity index (χ1) is 39.4. The topological polar surface area (TPSA) is 66.0 Å². The summed E-state index contributed by atoms with van der Waals surface area (Å²) in [4.78, 5) is 0. The van der Waals surface area contributed by atoms with Crippen molar-refractivity contribution >= 4 is 78.5 Å². The number of nitrogens with zero attached hydrogens (tertiary/aromatic N) is 2. The molecular weight excluding hydrogens is 1020 g/mol. The number of hydrogen-bond acceptors (Lipinski definition) is 4. The molecule has 4 aliphatic heterocycles. The van der Waals surface area contributed by atoms with Crippen molar-refractivity contribution in [1.82, 2.24) is 0 Å². The van der Waals surface area contributed by atoms with Gasteiger partial charge >= 0.3 is 0 Å². The quantitative estimate of drug-likeness (QED) is 0.128. The molecule has 14 rings (SSSR count). The molecule has 0 N–H and O–H groups in total. The molecule has 0 fully saturated rings. The standard InChI is InChI=1S/C78H74B2N2O2/c1-73(2,3)43-31-53(75(7,8)9)65(54(32-43)76(10,11)12)45-35-47-51-27-41(39-81)29-63-71(51)80(58-24-20-22-26-62(58)83-63)60-38-50-46(66-55(77(13,14)15)33-44(74(4,5)6)34-56(66)78(16,17)18)36-48-52-28-42(40-82)30-64-72(52)79(57-23-19-21-25-61(57)84-64)59-37-49(45)69(67(47)60)70(50)68(48)59/h19-38H,1-18H3. The number of hydrogen-bond donors (Lipinski definition) is 0. The zero-order valence-corrected chi connectivity index (χ0v) is 52.4. The molecule has 10 aromatic carbocycles. The van der Waals surface area contributed by atoms with Crippen LogP contribution in [0.5, 0.6) is 23.0 Å². The molecular formula is C78H74B2N2O2. The number of para-hydroxylation sites is 2. The molecule has 414 valence electrons. The summed E-state index contributed by atoms with van der Waals surface area (Å²) in [5.74, 6) is 3.10. The van der Waals surface area contributed by atoms with Gasteiger partial charge in [-0.15, -0.1) is 0 Å². The summed E-state index contributed by atoms with van der Waals surface area (Å²) < 4.78 is 14.0. The highest BCUT2D eigenvalue weighted by molar-refractivity contribution is 7.01. The minimum absolute atomic E-state index is 0.114. The summed E-state index contributed by atoms with van der Waals surface area (Å²) in [5, 5.41) is 29.3. The first-order valence-corrected chi connectivity index (χ1v) is 30.3. The van der Waals surface area contributed by atoms with Crippen molar-refractivity contribution in [2.75, 3.05) is 0 Å². The van der Waals surface area contributed by atoms with E-state index in [-0.39, 0.29) is 45.9 Å². The summed E-state index contributed by atoms with van der Waals surface area (Å²) in [6.45, 7) is 42.3. The fourth-order valence-electron chi connectivity index (χ4n) is 15.1. The second-order valence-corrected chi connectivity index (χ2v) is 31.1. The SMILES string of the molecule is CC(C)(C)c1cc(C(C)(C)C)c(-c2cc3c4c(cc5c(-c6c(C(C)(C)C)cc(C(C)(C)C)cc6C(C)(C)C)cc6c7c(cc2c4c57)B2c4ccccc4Oc4cc(C#N)cc-6c42)B2c4ccccc4Oc4cc(C#N)cc-3c42)c(C(C)(C)C)c1. The molecule has 4 heterocycles. The van der Waals surface area contributed by atoms with E-state index in [0.29, 0.717) is 11.1 Å². The number of rotatable bonds is 2. The van der Waals surface area contributed by atoms with Crippen LogP contribution in [0.4, 0.5) is 0 Å². The molecule has 0 aromatic heterocycles. The minimum atomic E-state index is -0.266. The van der Waals surface area contributed by atoms with Gasteiger partial charge in [0.1, 0.15) is 23.0 Å². The van der Waals surface area contributed by atoms with Crippen LogP contribution in [0.2, 0.25) is 0 Å². The Kier molecular flexibility index (Phi) is 11.1. The van der Waals surface area contributed by atoms with Crippen LogP contribution in [0.15, 0.2) is 121 Å². The van der Waals surface area contributed by atoms with Crippen LogP contribution in [0.25, 0.3) is 76.8 Å². The lowest BCUT2D eigenvalue weighted by molar-refractivity contribution is 0.487. The average molecular weight is 1090 g/mol.